The Morgan fingerprint density at radius 3 is 2.53 bits per heavy atom. The third-order valence-electron chi connectivity index (χ3n) is 1.55. The zero-order chi connectivity index (χ0) is 11.6. The van der Waals surface area contributed by atoms with Gasteiger partial charge in [-0.3, -0.25) is 9.78 Å². The second-order valence-corrected chi connectivity index (χ2v) is 2.81. The van der Waals surface area contributed by atoms with E-state index in [1.54, 1.807) is 0 Å². The van der Waals surface area contributed by atoms with Gasteiger partial charge in [-0.2, -0.15) is 18.4 Å². The van der Waals surface area contributed by atoms with Crippen molar-refractivity contribution in [2.24, 2.45) is 0 Å². The van der Waals surface area contributed by atoms with Crippen molar-refractivity contribution < 1.29 is 18.0 Å². The molecule has 1 rings (SSSR count). The molecule has 0 amide bonds. The van der Waals surface area contributed by atoms with Gasteiger partial charge in [0.25, 0.3) is 5.24 Å². The van der Waals surface area contributed by atoms with Crippen LogP contribution >= 0.6 is 11.6 Å². The van der Waals surface area contributed by atoms with Gasteiger partial charge in [-0.15, -0.1) is 0 Å². The van der Waals surface area contributed by atoms with Crippen molar-refractivity contribution >= 4 is 16.8 Å². The zero-order valence-corrected chi connectivity index (χ0v) is 7.73. The van der Waals surface area contributed by atoms with E-state index in [-0.39, 0.29) is 0 Å². The van der Waals surface area contributed by atoms with Gasteiger partial charge in [-0.1, -0.05) is 0 Å². The van der Waals surface area contributed by atoms with E-state index in [0.717, 1.165) is 6.20 Å². The van der Waals surface area contributed by atoms with Crippen molar-refractivity contribution in [2.45, 2.75) is 6.18 Å². The van der Waals surface area contributed by atoms with E-state index < -0.39 is 28.2 Å². The second-order valence-electron chi connectivity index (χ2n) is 2.47. The Morgan fingerprint density at radius 2 is 2.13 bits per heavy atom. The maximum absolute atomic E-state index is 12.3. The monoisotopic (exact) mass is 234 g/mol. The number of halogens is 4. The highest BCUT2D eigenvalue weighted by Gasteiger charge is 2.35. The van der Waals surface area contributed by atoms with Crippen molar-refractivity contribution in [1.82, 2.24) is 4.98 Å². The topological polar surface area (TPSA) is 53.8 Å². The lowest BCUT2D eigenvalue weighted by atomic mass is 10.1. The first kappa shape index (κ1) is 11.5. The SMILES string of the molecule is N#Cc1c(C(F)(F)F)ccnc1C(=O)Cl. The standard InChI is InChI=1S/C8H2ClF3N2O/c9-7(15)6-4(3-13)5(1-2-14-6)8(10,11)12/h1-2H. The summed E-state index contributed by atoms with van der Waals surface area (Å²) >= 11 is 4.99. The van der Waals surface area contributed by atoms with Crippen LogP contribution in [0, 0.1) is 11.3 Å². The molecule has 0 aromatic carbocycles. The first-order valence-corrected chi connectivity index (χ1v) is 3.92. The molecule has 0 radical (unpaired) electrons. The number of nitrogens with zero attached hydrogens (tertiary/aromatic N) is 2. The molecule has 3 nitrogen and oxygen atoms in total. The largest absolute Gasteiger partial charge is 0.417 e. The number of pyridine rings is 1. The minimum atomic E-state index is -4.71. The van der Waals surface area contributed by atoms with Crippen LogP contribution < -0.4 is 0 Å². The van der Waals surface area contributed by atoms with Crippen LogP contribution in [0.15, 0.2) is 12.3 Å². The molecule has 7 heteroatoms. The van der Waals surface area contributed by atoms with Gasteiger partial charge < -0.3 is 0 Å². The Bertz CT molecular complexity index is 450. The van der Waals surface area contributed by atoms with Gasteiger partial charge in [0.15, 0.2) is 0 Å². The van der Waals surface area contributed by atoms with Crippen LogP contribution in [0.3, 0.4) is 0 Å². The van der Waals surface area contributed by atoms with Gasteiger partial charge in [-0.25, -0.2) is 0 Å². The highest BCUT2D eigenvalue weighted by molar-refractivity contribution is 6.67. The van der Waals surface area contributed by atoms with Crippen LogP contribution in [0.1, 0.15) is 21.6 Å². The molecule has 1 heterocycles. The summed E-state index contributed by atoms with van der Waals surface area (Å²) in [5.41, 5.74) is -2.76. The van der Waals surface area contributed by atoms with Crippen LogP contribution in [0.2, 0.25) is 0 Å². The molecular weight excluding hydrogens is 233 g/mol. The van der Waals surface area contributed by atoms with Crippen molar-refractivity contribution in [3.8, 4) is 6.07 Å². The molecule has 78 valence electrons. The van der Waals surface area contributed by atoms with Crippen molar-refractivity contribution in [3.05, 3.63) is 29.1 Å². The highest BCUT2D eigenvalue weighted by atomic mass is 35.5. The lowest BCUT2D eigenvalue weighted by molar-refractivity contribution is -0.137. The molecular formula is C8H2ClF3N2O. The zero-order valence-electron chi connectivity index (χ0n) is 6.97. The van der Waals surface area contributed by atoms with Crippen LogP contribution in [0.5, 0.6) is 0 Å². The number of carbonyl (C=O) groups excluding carboxylic acids is 1. The Kier molecular flexibility index (Phi) is 2.95. The molecule has 0 saturated carbocycles. The van der Waals surface area contributed by atoms with Crippen LogP contribution in [0.25, 0.3) is 0 Å². The van der Waals surface area contributed by atoms with Crippen molar-refractivity contribution in [1.29, 1.82) is 5.26 Å². The van der Waals surface area contributed by atoms with Gasteiger partial charge in [0.2, 0.25) is 0 Å². The summed E-state index contributed by atoms with van der Waals surface area (Å²) in [4.78, 5) is 14.0. The highest BCUT2D eigenvalue weighted by Crippen LogP contribution is 2.32. The van der Waals surface area contributed by atoms with E-state index in [9.17, 15) is 18.0 Å². The molecule has 1 aromatic heterocycles. The first-order valence-electron chi connectivity index (χ1n) is 3.54. The lowest BCUT2D eigenvalue weighted by Crippen LogP contribution is -2.11. The summed E-state index contributed by atoms with van der Waals surface area (Å²) < 4.78 is 37.0. The fourth-order valence-electron chi connectivity index (χ4n) is 0.960. The molecule has 0 N–H and O–H groups in total. The number of aromatic nitrogens is 1. The average molecular weight is 235 g/mol. The summed E-state index contributed by atoms with van der Waals surface area (Å²) in [6, 6.07) is 1.88. The van der Waals surface area contributed by atoms with E-state index in [0.29, 0.717) is 6.07 Å². The molecule has 1 aromatic rings. The number of rotatable bonds is 1. The van der Waals surface area contributed by atoms with Gasteiger partial charge in [-0.05, 0) is 17.7 Å². The number of carbonyl (C=O) groups is 1. The van der Waals surface area contributed by atoms with Crippen LogP contribution in [-0.2, 0) is 6.18 Å². The third-order valence-corrected chi connectivity index (χ3v) is 1.73. The molecule has 0 unspecified atom stereocenters. The normalized spacial score (nSPS) is 10.9. The van der Waals surface area contributed by atoms with Crippen molar-refractivity contribution in [3.63, 3.8) is 0 Å². The molecule has 0 saturated heterocycles. The van der Waals surface area contributed by atoms with Gasteiger partial charge >= 0.3 is 6.18 Å². The fourth-order valence-corrected chi connectivity index (χ4v) is 1.10. The predicted molar refractivity (Wildman–Crippen MR) is 44.1 cm³/mol. The summed E-state index contributed by atoms with van der Waals surface area (Å²) in [5, 5.41) is 7.31. The molecule has 15 heavy (non-hydrogen) atoms. The molecule has 0 aliphatic heterocycles. The number of nitriles is 1. The summed E-state index contributed by atoms with van der Waals surface area (Å²) in [7, 11) is 0. The quantitative estimate of drug-likeness (QED) is 0.701. The Labute approximate surface area is 87.1 Å². The average Bonchev–Trinajstić information content (AvgIpc) is 2.15. The molecule has 0 atom stereocenters. The predicted octanol–water partition coefficient (Wildman–Crippen LogP) is 2.35. The number of hydrogen-bond acceptors (Lipinski definition) is 3. The Morgan fingerprint density at radius 1 is 1.53 bits per heavy atom. The van der Waals surface area contributed by atoms with Gasteiger partial charge in [0, 0.05) is 6.20 Å². The smallest absolute Gasteiger partial charge is 0.274 e. The molecule has 0 fully saturated rings. The van der Waals surface area contributed by atoms with Gasteiger partial charge in [0.05, 0.1) is 11.1 Å². The minimum absolute atomic E-state index is 0.613. The third kappa shape index (κ3) is 2.25. The second kappa shape index (κ2) is 3.87. The van der Waals surface area contributed by atoms with Crippen LogP contribution in [0.4, 0.5) is 13.2 Å². The summed E-state index contributed by atoms with van der Waals surface area (Å²) in [6.07, 6.45) is -3.94. The van der Waals surface area contributed by atoms with E-state index in [1.165, 1.54) is 6.07 Å². The maximum atomic E-state index is 12.3. The Hall–Kier alpha value is -1.61. The maximum Gasteiger partial charge on any atom is 0.417 e. The molecule has 0 bridgehead atoms. The van der Waals surface area contributed by atoms with Crippen molar-refractivity contribution in [2.75, 3.05) is 0 Å². The number of hydrogen-bond donors (Lipinski definition) is 0. The summed E-state index contributed by atoms with van der Waals surface area (Å²) in [5.74, 6) is 0. The Balaban J connectivity index is 3.51. The molecule has 0 aliphatic carbocycles. The fraction of sp³-hybridized carbons (Fsp3) is 0.125. The van der Waals surface area contributed by atoms with E-state index in [4.69, 9.17) is 16.9 Å². The van der Waals surface area contributed by atoms with E-state index >= 15 is 0 Å². The number of alkyl halides is 3. The van der Waals surface area contributed by atoms with Gasteiger partial charge in [0.1, 0.15) is 11.8 Å². The molecule has 0 aliphatic rings. The lowest BCUT2D eigenvalue weighted by Gasteiger charge is -2.08. The molecule has 0 spiro atoms. The van der Waals surface area contributed by atoms with Crippen LogP contribution in [-0.4, -0.2) is 10.2 Å². The first-order chi connectivity index (χ1) is 6.88. The van der Waals surface area contributed by atoms with E-state index in [2.05, 4.69) is 4.98 Å². The summed E-state index contributed by atoms with van der Waals surface area (Å²) in [6.45, 7) is 0. The minimum Gasteiger partial charge on any atom is -0.274 e. The van der Waals surface area contributed by atoms with E-state index in [1.807, 2.05) is 0 Å².